The maximum absolute atomic E-state index is 12.2. The van der Waals surface area contributed by atoms with E-state index in [1.807, 2.05) is 18.2 Å². The topological polar surface area (TPSA) is 38.3 Å². The molecule has 3 nitrogen and oxygen atoms in total. The van der Waals surface area contributed by atoms with Crippen LogP contribution >= 0.6 is 15.9 Å². The molecule has 1 spiro atoms. The minimum atomic E-state index is -0.268. The zero-order valence-electron chi connectivity index (χ0n) is 9.46. The summed E-state index contributed by atoms with van der Waals surface area (Å²) in [7, 11) is 0. The van der Waals surface area contributed by atoms with Gasteiger partial charge in [0.05, 0.1) is 12.0 Å². The molecule has 0 saturated carbocycles. The van der Waals surface area contributed by atoms with Crippen molar-refractivity contribution in [1.29, 1.82) is 0 Å². The van der Waals surface area contributed by atoms with E-state index in [1.54, 1.807) is 0 Å². The molecule has 0 bridgehead atoms. The van der Waals surface area contributed by atoms with Crippen LogP contribution in [0.4, 0.5) is 0 Å². The van der Waals surface area contributed by atoms with Crippen LogP contribution in [-0.4, -0.2) is 24.5 Å². The predicted molar refractivity (Wildman–Crippen MR) is 68.6 cm³/mol. The van der Waals surface area contributed by atoms with E-state index in [0.29, 0.717) is 12.0 Å². The summed E-state index contributed by atoms with van der Waals surface area (Å²) in [5, 5.41) is 3.31. The summed E-state index contributed by atoms with van der Waals surface area (Å²) in [5.74, 6) is 0.929. The first-order chi connectivity index (χ1) is 8.20. The third kappa shape index (κ3) is 1.89. The van der Waals surface area contributed by atoms with Crippen molar-refractivity contribution in [2.24, 2.45) is 0 Å². The fourth-order valence-electron chi connectivity index (χ4n) is 2.67. The first-order valence-electron chi connectivity index (χ1n) is 5.92. The number of piperidine rings is 1. The quantitative estimate of drug-likeness (QED) is 0.799. The highest BCUT2D eigenvalue weighted by Crippen LogP contribution is 2.40. The second-order valence-corrected chi connectivity index (χ2v) is 5.60. The monoisotopic (exact) mass is 295 g/mol. The highest BCUT2D eigenvalue weighted by Gasteiger charge is 2.41. The van der Waals surface area contributed by atoms with Gasteiger partial charge in [0.25, 0.3) is 0 Å². The molecule has 1 fully saturated rings. The van der Waals surface area contributed by atoms with Crippen molar-refractivity contribution in [3.8, 4) is 5.75 Å². The lowest BCUT2D eigenvalue weighted by molar-refractivity contribution is 0.0186. The van der Waals surface area contributed by atoms with Crippen molar-refractivity contribution in [2.75, 3.05) is 13.1 Å². The van der Waals surface area contributed by atoms with E-state index < -0.39 is 0 Å². The number of hydrogen-bond acceptors (Lipinski definition) is 3. The normalized spacial score (nSPS) is 22.1. The summed E-state index contributed by atoms with van der Waals surface area (Å²) < 4.78 is 6.96. The molecular weight excluding hydrogens is 282 g/mol. The Kier molecular flexibility index (Phi) is 2.71. The Hall–Kier alpha value is -0.870. The van der Waals surface area contributed by atoms with Gasteiger partial charge < -0.3 is 10.1 Å². The van der Waals surface area contributed by atoms with Gasteiger partial charge in [-0.2, -0.15) is 0 Å². The van der Waals surface area contributed by atoms with Gasteiger partial charge in [-0.1, -0.05) is 6.07 Å². The van der Waals surface area contributed by atoms with Crippen molar-refractivity contribution in [2.45, 2.75) is 24.9 Å². The lowest BCUT2D eigenvalue weighted by Crippen LogP contribution is -2.49. The fraction of sp³-hybridized carbons (Fsp3) is 0.462. The number of halogens is 1. The van der Waals surface area contributed by atoms with Gasteiger partial charge >= 0.3 is 0 Å². The molecule has 0 unspecified atom stereocenters. The van der Waals surface area contributed by atoms with Crippen molar-refractivity contribution < 1.29 is 9.53 Å². The van der Waals surface area contributed by atoms with E-state index in [-0.39, 0.29) is 11.4 Å². The third-order valence-electron chi connectivity index (χ3n) is 3.58. The number of rotatable bonds is 0. The van der Waals surface area contributed by atoms with Crippen molar-refractivity contribution >= 4 is 21.7 Å². The molecule has 1 aromatic rings. The molecule has 0 atom stereocenters. The number of hydrogen-bond donors (Lipinski definition) is 1. The summed E-state index contributed by atoms with van der Waals surface area (Å²) in [4.78, 5) is 12.2. The van der Waals surface area contributed by atoms with Gasteiger partial charge in [0.1, 0.15) is 11.4 Å². The summed E-state index contributed by atoms with van der Waals surface area (Å²) >= 11 is 3.42. The lowest BCUT2D eigenvalue weighted by Gasteiger charge is -2.41. The lowest BCUT2D eigenvalue weighted by atomic mass is 9.83. The SMILES string of the molecule is O=C1CC2(CCNCC2)Oc2cccc(Br)c21. The smallest absolute Gasteiger partial charge is 0.171 e. The van der Waals surface area contributed by atoms with Crippen LogP contribution in [0.5, 0.6) is 5.75 Å². The van der Waals surface area contributed by atoms with Crippen LogP contribution in [0.25, 0.3) is 0 Å². The zero-order valence-corrected chi connectivity index (χ0v) is 11.0. The average Bonchev–Trinajstić information content (AvgIpc) is 2.29. The Labute approximate surface area is 109 Å². The molecule has 2 heterocycles. The Bertz CT molecular complexity index is 466. The van der Waals surface area contributed by atoms with E-state index in [9.17, 15) is 4.79 Å². The van der Waals surface area contributed by atoms with Crippen LogP contribution in [0.3, 0.4) is 0 Å². The van der Waals surface area contributed by atoms with Crippen LogP contribution in [0, 0.1) is 0 Å². The molecule has 1 N–H and O–H groups in total. The number of benzene rings is 1. The van der Waals surface area contributed by atoms with Gasteiger partial charge in [-0.3, -0.25) is 4.79 Å². The number of ketones is 1. The molecule has 2 aliphatic rings. The van der Waals surface area contributed by atoms with Crippen LogP contribution in [0.2, 0.25) is 0 Å². The third-order valence-corrected chi connectivity index (χ3v) is 4.24. The molecule has 1 aromatic carbocycles. The van der Waals surface area contributed by atoms with E-state index in [2.05, 4.69) is 21.2 Å². The first-order valence-corrected chi connectivity index (χ1v) is 6.71. The second kappa shape index (κ2) is 4.10. The fourth-order valence-corrected chi connectivity index (χ4v) is 3.24. The van der Waals surface area contributed by atoms with Crippen molar-refractivity contribution in [3.05, 3.63) is 28.2 Å². The summed E-state index contributed by atoms with van der Waals surface area (Å²) in [6.07, 6.45) is 2.32. The Balaban J connectivity index is 2.00. The standard InChI is InChI=1S/C13H14BrNO2/c14-9-2-1-3-11-12(9)10(16)8-13(17-11)4-6-15-7-5-13/h1-3,15H,4-8H2. The molecule has 2 aliphatic heterocycles. The largest absolute Gasteiger partial charge is 0.486 e. The predicted octanol–water partition coefficient (Wildman–Crippen LogP) is 2.54. The number of ether oxygens (including phenoxy) is 1. The van der Waals surface area contributed by atoms with Gasteiger partial charge in [-0.15, -0.1) is 0 Å². The molecule has 0 radical (unpaired) electrons. The molecule has 0 amide bonds. The number of Topliss-reactive ketones (excluding diaryl/α,β-unsaturated/α-hetero) is 1. The zero-order chi connectivity index (χ0) is 11.9. The molecule has 3 rings (SSSR count). The number of fused-ring (bicyclic) bond motifs is 1. The van der Waals surface area contributed by atoms with Crippen LogP contribution in [0.15, 0.2) is 22.7 Å². The van der Waals surface area contributed by atoms with Gasteiger partial charge in [-0.25, -0.2) is 0 Å². The number of nitrogens with one attached hydrogen (secondary N) is 1. The summed E-state index contributed by atoms with van der Waals surface area (Å²) in [6.45, 7) is 1.85. The van der Waals surface area contributed by atoms with Crippen LogP contribution in [0.1, 0.15) is 29.6 Å². The van der Waals surface area contributed by atoms with E-state index >= 15 is 0 Å². The maximum Gasteiger partial charge on any atom is 0.171 e. The average molecular weight is 296 g/mol. The number of carbonyl (C=O) groups is 1. The first kappa shape index (κ1) is 11.2. The van der Waals surface area contributed by atoms with Crippen LogP contribution < -0.4 is 10.1 Å². The van der Waals surface area contributed by atoms with Gasteiger partial charge in [-0.05, 0) is 41.2 Å². The Morgan fingerprint density at radius 3 is 2.82 bits per heavy atom. The van der Waals surface area contributed by atoms with Crippen LogP contribution in [-0.2, 0) is 0 Å². The van der Waals surface area contributed by atoms with Gasteiger partial charge in [0.2, 0.25) is 0 Å². The molecular formula is C13H14BrNO2. The molecule has 1 saturated heterocycles. The highest BCUT2D eigenvalue weighted by molar-refractivity contribution is 9.10. The molecule has 17 heavy (non-hydrogen) atoms. The second-order valence-electron chi connectivity index (χ2n) is 4.75. The molecule has 90 valence electrons. The Morgan fingerprint density at radius 2 is 2.06 bits per heavy atom. The highest BCUT2D eigenvalue weighted by atomic mass is 79.9. The van der Waals surface area contributed by atoms with E-state index in [4.69, 9.17) is 4.74 Å². The number of carbonyl (C=O) groups excluding carboxylic acids is 1. The van der Waals surface area contributed by atoms with E-state index in [1.165, 1.54) is 0 Å². The molecule has 4 heteroatoms. The minimum Gasteiger partial charge on any atom is -0.486 e. The van der Waals surface area contributed by atoms with Crippen molar-refractivity contribution in [3.63, 3.8) is 0 Å². The van der Waals surface area contributed by atoms with Crippen molar-refractivity contribution in [1.82, 2.24) is 5.32 Å². The Morgan fingerprint density at radius 1 is 1.29 bits per heavy atom. The molecule has 0 aromatic heterocycles. The maximum atomic E-state index is 12.2. The van der Waals surface area contributed by atoms with E-state index in [0.717, 1.165) is 36.2 Å². The minimum absolute atomic E-state index is 0.195. The van der Waals surface area contributed by atoms with Gasteiger partial charge in [0, 0.05) is 17.3 Å². The summed E-state index contributed by atoms with van der Waals surface area (Å²) in [6, 6.07) is 5.69. The van der Waals surface area contributed by atoms with Gasteiger partial charge in [0.15, 0.2) is 5.78 Å². The summed E-state index contributed by atoms with van der Waals surface area (Å²) in [5.41, 5.74) is 0.438. The molecule has 0 aliphatic carbocycles.